The molecule has 4 nitrogen and oxygen atoms in total. The zero-order valence-electron chi connectivity index (χ0n) is 5.20. The normalized spacial score (nSPS) is 8.50. The molecule has 1 heterocycles. The predicted octanol–water partition coefficient (Wildman–Crippen LogP) is 1.10. The van der Waals surface area contributed by atoms with Gasteiger partial charge in [-0.3, -0.25) is 0 Å². The highest BCUT2D eigenvalue weighted by molar-refractivity contribution is 5.85. The maximum absolute atomic E-state index is 10.1. The zero-order valence-corrected chi connectivity index (χ0v) is 6.01. The third-order valence-electron chi connectivity index (χ3n) is 0.943. The fraction of sp³-hybridized carbons (Fsp3) is 0.200. The van der Waals surface area contributed by atoms with Crippen molar-refractivity contribution in [2.24, 2.45) is 0 Å². The first-order valence-corrected chi connectivity index (χ1v) is 2.36. The minimum Gasteiger partial charge on any atom is -0.475 e. The first-order valence-electron chi connectivity index (χ1n) is 2.36. The van der Waals surface area contributed by atoms with Crippen LogP contribution in [-0.2, 0) is 0 Å². The van der Waals surface area contributed by atoms with Crippen LogP contribution in [0.1, 0.15) is 16.1 Å². The lowest BCUT2D eigenvalue weighted by molar-refractivity contribution is 0.0651. The first-order chi connectivity index (χ1) is 4.22. The number of aromatic nitrogens is 1. The molecule has 1 rings (SSSR count). The summed E-state index contributed by atoms with van der Waals surface area (Å²) in [7, 11) is 0. The molecule has 1 aromatic rings. The maximum Gasteiger partial charge on any atom is 0.374 e. The maximum atomic E-state index is 10.1. The average molecular weight is 164 g/mol. The summed E-state index contributed by atoms with van der Waals surface area (Å²) in [6, 6.07) is 0. The minimum atomic E-state index is -1.08. The van der Waals surface area contributed by atoms with Crippen molar-refractivity contribution >= 4 is 18.4 Å². The molecule has 1 N–H and O–H groups in total. The molecule has 0 saturated heterocycles. The van der Waals surface area contributed by atoms with Gasteiger partial charge in [0.15, 0.2) is 0 Å². The van der Waals surface area contributed by atoms with Gasteiger partial charge in [-0.05, 0) is 6.92 Å². The fourth-order valence-corrected chi connectivity index (χ4v) is 0.496. The number of carboxylic acids is 1. The van der Waals surface area contributed by atoms with E-state index in [1.807, 2.05) is 0 Å². The van der Waals surface area contributed by atoms with Crippen molar-refractivity contribution in [1.29, 1.82) is 0 Å². The Labute approximate surface area is 63.2 Å². The summed E-state index contributed by atoms with van der Waals surface area (Å²) in [5.74, 6) is -1.17. The molecule has 1 aromatic heterocycles. The second-order valence-corrected chi connectivity index (χ2v) is 1.64. The molecule has 0 unspecified atom stereocenters. The number of rotatable bonds is 1. The highest BCUT2D eigenvalue weighted by atomic mass is 35.5. The topological polar surface area (TPSA) is 63.3 Å². The molecule has 56 valence electrons. The van der Waals surface area contributed by atoms with Crippen molar-refractivity contribution in [3.05, 3.63) is 17.5 Å². The van der Waals surface area contributed by atoms with Crippen LogP contribution in [0.5, 0.6) is 0 Å². The Hall–Kier alpha value is -1.03. The molecule has 0 bridgehead atoms. The van der Waals surface area contributed by atoms with Crippen molar-refractivity contribution in [3.8, 4) is 0 Å². The van der Waals surface area contributed by atoms with E-state index in [-0.39, 0.29) is 18.2 Å². The summed E-state index contributed by atoms with van der Waals surface area (Å²) in [6.45, 7) is 1.62. The molecule has 0 aromatic carbocycles. The van der Waals surface area contributed by atoms with E-state index in [1.54, 1.807) is 6.92 Å². The second-order valence-electron chi connectivity index (χ2n) is 1.64. The largest absolute Gasteiger partial charge is 0.475 e. The van der Waals surface area contributed by atoms with Crippen LogP contribution in [0, 0.1) is 6.92 Å². The Morgan fingerprint density at radius 3 is 2.60 bits per heavy atom. The number of aromatic carboxylic acids is 1. The lowest BCUT2D eigenvalue weighted by atomic mass is 10.3. The van der Waals surface area contributed by atoms with Crippen LogP contribution in [0.4, 0.5) is 0 Å². The van der Waals surface area contributed by atoms with E-state index in [1.165, 1.54) is 6.20 Å². The van der Waals surface area contributed by atoms with E-state index in [2.05, 4.69) is 9.68 Å². The van der Waals surface area contributed by atoms with E-state index < -0.39 is 5.97 Å². The van der Waals surface area contributed by atoms with Crippen LogP contribution in [0.3, 0.4) is 0 Å². The van der Waals surface area contributed by atoms with Gasteiger partial charge in [-0.25, -0.2) is 4.79 Å². The fourth-order valence-electron chi connectivity index (χ4n) is 0.496. The van der Waals surface area contributed by atoms with Crippen LogP contribution in [0.15, 0.2) is 10.7 Å². The molecule has 0 saturated carbocycles. The third kappa shape index (κ3) is 1.48. The van der Waals surface area contributed by atoms with Crippen molar-refractivity contribution in [1.82, 2.24) is 5.16 Å². The first kappa shape index (κ1) is 8.97. The molecule has 0 radical (unpaired) electrons. The Morgan fingerprint density at radius 2 is 2.40 bits per heavy atom. The molecule has 5 heteroatoms. The van der Waals surface area contributed by atoms with E-state index in [4.69, 9.17) is 5.11 Å². The van der Waals surface area contributed by atoms with E-state index >= 15 is 0 Å². The van der Waals surface area contributed by atoms with Gasteiger partial charge < -0.3 is 9.63 Å². The summed E-state index contributed by atoms with van der Waals surface area (Å²) in [4.78, 5) is 10.1. The SMILES string of the molecule is Cc1cnoc1C(=O)O.Cl. The molecule has 0 spiro atoms. The smallest absolute Gasteiger partial charge is 0.374 e. The molecular formula is C5H6ClNO3. The summed E-state index contributed by atoms with van der Waals surface area (Å²) < 4.78 is 4.38. The lowest BCUT2D eigenvalue weighted by Crippen LogP contribution is -1.94. The van der Waals surface area contributed by atoms with Crippen LogP contribution in [0.2, 0.25) is 0 Å². The Kier molecular flexibility index (Phi) is 2.89. The molecule has 0 aliphatic heterocycles. The van der Waals surface area contributed by atoms with Crippen molar-refractivity contribution < 1.29 is 14.4 Å². The summed E-state index contributed by atoms with van der Waals surface area (Å²) in [6.07, 6.45) is 1.36. The van der Waals surface area contributed by atoms with Gasteiger partial charge in [0.05, 0.1) is 6.20 Å². The van der Waals surface area contributed by atoms with Gasteiger partial charge in [0.2, 0.25) is 5.76 Å². The van der Waals surface area contributed by atoms with E-state index in [0.29, 0.717) is 5.56 Å². The molecule has 0 atom stereocenters. The van der Waals surface area contributed by atoms with Gasteiger partial charge in [0.1, 0.15) is 0 Å². The van der Waals surface area contributed by atoms with Gasteiger partial charge in [0, 0.05) is 5.56 Å². The summed E-state index contributed by atoms with van der Waals surface area (Å²) in [5, 5.41) is 11.6. The molecular weight excluding hydrogens is 158 g/mol. The molecule has 10 heavy (non-hydrogen) atoms. The number of carbonyl (C=O) groups is 1. The number of carboxylic acid groups (broad SMARTS) is 1. The summed E-state index contributed by atoms with van der Waals surface area (Å²) >= 11 is 0. The molecule has 0 amide bonds. The highest BCUT2D eigenvalue weighted by Crippen LogP contribution is 2.03. The standard InChI is InChI=1S/C5H5NO3.ClH/c1-3-2-6-9-4(3)5(7)8;/h2H,1H3,(H,7,8);1H. The molecule has 0 aliphatic carbocycles. The number of hydrogen-bond donors (Lipinski definition) is 1. The lowest BCUT2D eigenvalue weighted by Gasteiger charge is -1.82. The third-order valence-corrected chi connectivity index (χ3v) is 0.943. The van der Waals surface area contributed by atoms with E-state index in [9.17, 15) is 4.79 Å². The van der Waals surface area contributed by atoms with Gasteiger partial charge in [-0.1, -0.05) is 5.16 Å². The van der Waals surface area contributed by atoms with Gasteiger partial charge >= 0.3 is 5.97 Å². The second kappa shape index (κ2) is 3.22. The van der Waals surface area contributed by atoms with Crippen LogP contribution in [0.25, 0.3) is 0 Å². The number of nitrogens with zero attached hydrogens (tertiary/aromatic N) is 1. The van der Waals surface area contributed by atoms with Crippen LogP contribution in [-0.4, -0.2) is 16.2 Å². The van der Waals surface area contributed by atoms with Crippen molar-refractivity contribution in [2.45, 2.75) is 6.92 Å². The summed E-state index contributed by atoms with van der Waals surface area (Å²) in [5.41, 5.74) is 0.544. The van der Waals surface area contributed by atoms with Crippen molar-refractivity contribution in [3.63, 3.8) is 0 Å². The number of halogens is 1. The van der Waals surface area contributed by atoms with Gasteiger partial charge in [0.25, 0.3) is 0 Å². The van der Waals surface area contributed by atoms with Crippen LogP contribution < -0.4 is 0 Å². The molecule has 0 fully saturated rings. The van der Waals surface area contributed by atoms with Gasteiger partial charge in [-0.2, -0.15) is 0 Å². The van der Waals surface area contributed by atoms with Gasteiger partial charge in [-0.15, -0.1) is 12.4 Å². The minimum absolute atomic E-state index is 0. The Balaban J connectivity index is 0.000000810. The highest BCUT2D eigenvalue weighted by Gasteiger charge is 2.10. The zero-order chi connectivity index (χ0) is 6.85. The number of hydrogen-bond acceptors (Lipinski definition) is 3. The Morgan fingerprint density at radius 1 is 1.80 bits per heavy atom. The van der Waals surface area contributed by atoms with Crippen molar-refractivity contribution in [2.75, 3.05) is 0 Å². The van der Waals surface area contributed by atoms with E-state index in [0.717, 1.165) is 0 Å². The number of aryl methyl sites for hydroxylation is 1. The molecule has 0 aliphatic rings. The quantitative estimate of drug-likeness (QED) is 0.674. The average Bonchev–Trinajstić information content (AvgIpc) is 2.13. The Bertz CT molecular complexity index is 233. The monoisotopic (exact) mass is 163 g/mol. The predicted molar refractivity (Wildman–Crippen MR) is 35.4 cm³/mol. The van der Waals surface area contributed by atoms with Crippen LogP contribution >= 0.6 is 12.4 Å².